The normalized spacial score (nSPS) is 28.5. The standard InChI is InChI=1S/C16H25NO2/c1-4-15(14-7-5-12(2)6-8-14)17-11-16(18)9-10-19-13(16)3/h5-8,13,15,17-18H,4,9-11H2,1-3H3. The third kappa shape index (κ3) is 3.35. The van der Waals surface area contributed by atoms with Crippen molar-refractivity contribution in [3.63, 3.8) is 0 Å². The molecule has 1 aliphatic rings. The number of ether oxygens (including phenoxy) is 1. The number of rotatable bonds is 5. The smallest absolute Gasteiger partial charge is 0.105 e. The van der Waals surface area contributed by atoms with Crippen molar-refractivity contribution in [2.45, 2.75) is 51.4 Å². The zero-order valence-electron chi connectivity index (χ0n) is 12.1. The Bertz CT molecular complexity index is 404. The van der Waals surface area contributed by atoms with Crippen LogP contribution < -0.4 is 5.32 Å². The van der Waals surface area contributed by atoms with E-state index in [0.29, 0.717) is 19.6 Å². The van der Waals surface area contributed by atoms with Crippen LogP contribution in [0.5, 0.6) is 0 Å². The second-order valence-corrected chi connectivity index (χ2v) is 5.62. The molecule has 3 unspecified atom stereocenters. The third-order valence-corrected chi connectivity index (χ3v) is 4.20. The summed E-state index contributed by atoms with van der Waals surface area (Å²) in [5.74, 6) is 0. The molecule has 2 N–H and O–H groups in total. The highest BCUT2D eigenvalue weighted by atomic mass is 16.5. The molecule has 3 atom stereocenters. The first-order chi connectivity index (χ1) is 9.05. The summed E-state index contributed by atoms with van der Waals surface area (Å²) < 4.78 is 5.47. The summed E-state index contributed by atoms with van der Waals surface area (Å²) in [6, 6.07) is 8.88. The lowest BCUT2D eigenvalue weighted by molar-refractivity contribution is -0.0277. The average molecular weight is 263 g/mol. The molecule has 0 spiro atoms. The van der Waals surface area contributed by atoms with E-state index in [9.17, 15) is 5.11 Å². The number of hydrogen-bond donors (Lipinski definition) is 2. The van der Waals surface area contributed by atoms with E-state index in [0.717, 1.165) is 6.42 Å². The summed E-state index contributed by atoms with van der Waals surface area (Å²) in [6.45, 7) is 7.44. The van der Waals surface area contributed by atoms with Gasteiger partial charge in [0.15, 0.2) is 0 Å². The van der Waals surface area contributed by atoms with E-state index in [2.05, 4.69) is 43.4 Å². The predicted molar refractivity (Wildman–Crippen MR) is 77.2 cm³/mol. The number of benzene rings is 1. The molecule has 3 heteroatoms. The van der Waals surface area contributed by atoms with Crippen molar-refractivity contribution in [2.24, 2.45) is 0 Å². The lowest BCUT2D eigenvalue weighted by Gasteiger charge is -2.29. The quantitative estimate of drug-likeness (QED) is 0.858. The Labute approximate surface area is 116 Å². The van der Waals surface area contributed by atoms with Crippen LogP contribution in [0.3, 0.4) is 0 Å². The summed E-state index contributed by atoms with van der Waals surface area (Å²) in [7, 11) is 0. The summed E-state index contributed by atoms with van der Waals surface area (Å²) in [5, 5.41) is 14.0. The second kappa shape index (κ2) is 6.04. The lowest BCUT2D eigenvalue weighted by Crippen LogP contribution is -2.46. The van der Waals surface area contributed by atoms with Crippen molar-refractivity contribution in [1.82, 2.24) is 5.32 Å². The molecule has 1 fully saturated rings. The minimum absolute atomic E-state index is 0.0875. The largest absolute Gasteiger partial charge is 0.386 e. The molecule has 3 nitrogen and oxygen atoms in total. The third-order valence-electron chi connectivity index (χ3n) is 4.20. The zero-order valence-corrected chi connectivity index (χ0v) is 12.1. The van der Waals surface area contributed by atoms with E-state index in [1.165, 1.54) is 11.1 Å². The van der Waals surface area contributed by atoms with Crippen LogP contribution in [-0.4, -0.2) is 30.0 Å². The van der Waals surface area contributed by atoms with Gasteiger partial charge in [-0.15, -0.1) is 0 Å². The molecule has 0 saturated carbocycles. The SMILES string of the molecule is CCC(NCC1(O)CCOC1C)c1ccc(C)cc1. The Balaban J connectivity index is 1.98. The second-order valence-electron chi connectivity index (χ2n) is 5.62. The van der Waals surface area contributed by atoms with Gasteiger partial charge in [0, 0.05) is 25.6 Å². The highest BCUT2D eigenvalue weighted by Crippen LogP contribution is 2.26. The Morgan fingerprint density at radius 1 is 1.42 bits per heavy atom. The van der Waals surface area contributed by atoms with Gasteiger partial charge >= 0.3 is 0 Å². The molecule has 1 heterocycles. The van der Waals surface area contributed by atoms with E-state index in [1.807, 2.05) is 6.92 Å². The molecule has 1 aliphatic heterocycles. The Kier molecular flexibility index (Phi) is 4.61. The van der Waals surface area contributed by atoms with E-state index in [-0.39, 0.29) is 12.1 Å². The van der Waals surface area contributed by atoms with Crippen LogP contribution in [0.15, 0.2) is 24.3 Å². The molecule has 2 rings (SSSR count). The van der Waals surface area contributed by atoms with Crippen molar-refractivity contribution < 1.29 is 9.84 Å². The first-order valence-electron chi connectivity index (χ1n) is 7.19. The van der Waals surface area contributed by atoms with Gasteiger partial charge in [-0.25, -0.2) is 0 Å². The fourth-order valence-electron chi connectivity index (χ4n) is 2.60. The van der Waals surface area contributed by atoms with Crippen LogP contribution in [-0.2, 0) is 4.74 Å². The number of hydrogen-bond acceptors (Lipinski definition) is 3. The molecule has 19 heavy (non-hydrogen) atoms. The molecule has 0 aliphatic carbocycles. The van der Waals surface area contributed by atoms with Crippen molar-refractivity contribution in [2.75, 3.05) is 13.2 Å². The average Bonchev–Trinajstić information content (AvgIpc) is 2.73. The molecule has 1 aromatic rings. The fourth-order valence-corrected chi connectivity index (χ4v) is 2.60. The zero-order chi connectivity index (χ0) is 13.9. The first-order valence-corrected chi connectivity index (χ1v) is 7.19. The molecule has 0 amide bonds. The summed E-state index contributed by atoms with van der Waals surface area (Å²) in [6.07, 6.45) is 1.63. The van der Waals surface area contributed by atoms with Gasteiger partial charge in [-0.2, -0.15) is 0 Å². The predicted octanol–water partition coefficient (Wildman–Crippen LogP) is 2.58. The molecular formula is C16H25NO2. The molecule has 0 radical (unpaired) electrons. The fraction of sp³-hybridized carbons (Fsp3) is 0.625. The van der Waals surface area contributed by atoms with Crippen LogP contribution in [0.25, 0.3) is 0 Å². The molecule has 106 valence electrons. The Morgan fingerprint density at radius 2 is 2.11 bits per heavy atom. The summed E-state index contributed by atoms with van der Waals surface area (Å²) >= 11 is 0. The number of nitrogens with one attached hydrogen (secondary N) is 1. The van der Waals surface area contributed by atoms with Gasteiger partial charge in [-0.1, -0.05) is 36.8 Å². The van der Waals surface area contributed by atoms with Crippen LogP contribution in [0, 0.1) is 6.92 Å². The lowest BCUT2D eigenvalue weighted by atomic mass is 9.95. The molecule has 1 aromatic carbocycles. The molecular weight excluding hydrogens is 238 g/mol. The van der Waals surface area contributed by atoms with Gasteiger partial charge < -0.3 is 15.2 Å². The monoisotopic (exact) mass is 263 g/mol. The van der Waals surface area contributed by atoms with Gasteiger partial charge in [-0.05, 0) is 25.8 Å². The maximum atomic E-state index is 10.5. The number of aliphatic hydroxyl groups is 1. The molecule has 0 bridgehead atoms. The minimum Gasteiger partial charge on any atom is -0.386 e. The van der Waals surface area contributed by atoms with Crippen LogP contribution >= 0.6 is 0 Å². The van der Waals surface area contributed by atoms with Crippen LogP contribution in [0.1, 0.15) is 43.9 Å². The van der Waals surface area contributed by atoms with Gasteiger partial charge in [0.25, 0.3) is 0 Å². The van der Waals surface area contributed by atoms with Crippen molar-refractivity contribution >= 4 is 0 Å². The highest BCUT2D eigenvalue weighted by molar-refractivity contribution is 5.24. The summed E-state index contributed by atoms with van der Waals surface area (Å²) in [4.78, 5) is 0. The van der Waals surface area contributed by atoms with Crippen LogP contribution in [0.4, 0.5) is 0 Å². The van der Waals surface area contributed by atoms with Crippen molar-refractivity contribution in [1.29, 1.82) is 0 Å². The highest BCUT2D eigenvalue weighted by Gasteiger charge is 2.39. The maximum absolute atomic E-state index is 10.5. The Hall–Kier alpha value is -0.900. The van der Waals surface area contributed by atoms with E-state index < -0.39 is 5.60 Å². The van der Waals surface area contributed by atoms with Gasteiger partial charge in [0.05, 0.1) is 6.10 Å². The first kappa shape index (κ1) is 14.5. The van der Waals surface area contributed by atoms with Gasteiger partial charge in [-0.3, -0.25) is 0 Å². The molecule has 1 saturated heterocycles. The van der Waals surface area contributed by atoms with E-state index in [1.54, 1.807) is 0 Å². The number of aryl methyl sites for hydroxylation is 1. The maximum Gasteiger partial charge on any atom is 0.105 e. The summed E-state index contributed by atoms with van der Waals surface area (Å²) in [5.41, 5.74) is 1.83. The van der Waals surface area contributed by atoms with E-state index >= 15 is 0 Å². The van der Waals surface area contributed by atoms with Crippen LogP contribution in [0.2, 0.25) is 0 Å². The van der Waals surface area contributed by atoms with Crippen molar-refractivity contribution in [3.05, 3.63) is 35.4 Å². The van der Waals surface area contributed by atoms with Gasteiger partial charge in [0.1, 0.15) is 5.60 Å². The minimum atomic E-state index is -0.724. The Morgan fingerprint density at radius 3 is 2.63 bits per heavy atom. The van der Waals surface area contributed by atoms with Gasteiger partial charge in [0.2, 0.25) is 0 Å². The van der Waals surface area contributed by atoms with E-state index in [4.69, 9.17) is 4.74 Å². The van der Waals surface area contributed by atoms with Crippen molar-refractivity contribution in [3.8, 4) is 0 Å². The molecule has 0 aromatic heterocycles. The topological polar surface area (TPSA) is 41.5 Å².